The first-order valence-corrected chi connectivity index (χ1v) is 8.80. The van der Waals surface area contributed by atoms with Crippen molar-refractivity contribution in [2.45, 2.75) is 18.4 Å². The second kappa shape index (κ2) is 7.14. The summed E-state index contributed by atoms with van der Waals surface area (Å²) in [7, 11) is 0. The number of benzene rings is 3. The third kappa shape index (κ3) is 2.91. The van der Waals surface area contributed by atoms with Gasteiger partial charge in [-0.1, -0.05) is 78.9 Å². The summed E-state index contributed by atoms with van der Waals surface area (Å²) < 4.78 is 11.5. The number of carbonyl (C=O) groups is 1. The maximum atomic E-state index is 12.9. The largest absolute Gasteiger partial charge is 0.425 e. The number of hydrogen-bond acceptors (Lipinski definition) is 3. The Kier molecular flexibility index (Phi) is 4.55. The van der Waals surface area contributed by atoms with Gasteiger partial charge in [0.15, 0.2) is 0 Å². The normalized spacial score (nSPS) is 18.4. The van der Waals surface area contributed by atoms with Crippen LogP contribution < -0.4 is 4.74 Å². The predicted molar refractivity (Wildman–Crippen MR) is 100 cm³/mol. The minimum Gasteiger partial charge on any atom is -0.425 e. The molecular formula is C23H20O3. The van der Waals surface area contributed by atoms with Gasteiger partial charge < -0.3 is 9.47 Å². The van der Waals surface area contributed by atoms with Crippen LogP contribution in [0.25, 0.3) is 0 Å². The average molecular weight is 344 g/mol. The van der Waals surface area contributed by atoms with Gasteiger partial charge in [0.25, 0.3) is 0 Å². The summed E-state index contributed by atoms with van der Waals surface area (Å²) in [4.78, 5) is 12.9. The molecule has 4 rings (SSSR count). The molecule has 26 heavy (non-hydrogen) atoms. The van der Waals surface area contributed by atoms with Crippen LogP contribution in [0.5, 0.6) is 5.75 Å². The highest BCUT2D eigenvalue weighted by molar-refractivity contribution is 5.94. The van der Waals surface area contributed by atoms with Crippen molar-refractivity contribution >= 4 is 5.97 Å². The van der Waals surface area contributed by atoms with Crippen LogP contribution in [0.3, 0.4) is 0 Å². The first-order valence-electron chi connectivity index (χ1n) is 8.80. The average Bonchev–Trinajstić information content (AvgIpc) is 2.99. The van der Waals surface area contributed by atoms with Gasteiger partial charge in [-0.25, -0.2) is 0 Å². The lowest BCUT2D eigenvalue weighted by Gasteiger charge is -2.26. The van der Waals surface area contributed by atoms with E-state index in [1.807, 2.05) is 84.9 Å². The van der Waals surface area contributed by atoms with Gasteiger partial charge in [0.1, 0.15) is 11.2 Å². The fourth-order valence-corrected chi connectivity index (χ4v) is 3.57. The van der Waals surface area contributed by atoms with E-state index >= 15 is 0 Å². The van der Waals surface area contributed by atoms with Crippen molar-refractivity contribution in [3.63, 3.8) is 0 Å². The highest BCUT2D eigenvalue weighted by Crippen LogP contribution is 2.46. The zero-order valence-corrected chi connectivity index (χ0v) is 14.4. The van der Waals surface area contributed by atoms with Crippen LogP contribution in [0.1, 0.15) is 23.1 Å². The van der Waals surface area contributed by atoms with Gasteiger partial charge in [0.05, 0.1) is 6.61 Å². The minimum atomic E-state index is -0.811. The van der Waals surface area contributed by atoms with Gasteiger partial charge >= 0.3 is 5.97 Å². The number of ether oxygens (including phenoxy) is 2. The molecule has 1 heterocycles. The zero-order chi connectivity index (χ0) is 17.8. The van der Waals surface area contributed by atoms with E-state index < -0.39 is 5.41 Å². The Morgan fingerprint density at radius 2 is 1.46 bits per heavy atom. The standard InChI is InChI=1S/C23H20O3/c24-22-23(19-11-5-2-6-12-19,20-13-7-8-14-21(20)26-22)15-16-25-17-18-9-3-1-4-10-18/h1-14H,15-17H2. The molecule has 0 spiro atoms. The van der Waals surface area contributed by atoms with Gasteiger partial charge in [-0.3, -0.25) is 4.79 Å². The molecule has 0 saturated carbocycles. The Morgan fingerprint density at radius 3 is 2.23 bits per heavy atom. The summed E-state index contributed by atoms with van der Waals surface area (Å²) in [6.07, 6.45) is 0.541. The number of para-hydroxylation sites is 1. The number of esters is 1. The first-order chi connectivity index (χ1) is 12.8. The van der Waals surface area contributed by atoms with Crippen LogP contribution in [-0.4, -0.2) is 12.6 Å². The third-order valence-electron chi connectivity index (χ3n) is 4.90. The smallest absolute Gasteiger partial charge is 0.326 e. The molecule has 0 aromatic heterocycles. The molecule has 1 atom stereocenters. The monoisotopic (exact) mass is 344 g/mol. The molecule has 1 aliphatic heterocycles. The molecule has 0 N–H and O–H groups in total. The number of rotatable bonds is 6. The van der Waals surface area contributed by atoms with Gasteiger partial charge in [-0.15, -0.1) is 0 Å². The molecule has 0 saturated heterocycles. The highest BCUT2D eigenvalue weighted by Gasteiger charge is 2.50. The van der Waals surface area contributed by atoms with E-state index in [0.29, 0.717) is 25.4 Å². The lowest BCUT2D eigenvalue weighted by molar-refractivity contribution is -0.137. The molecular weight excluding hydrogens is 324 g/mol. The van der Waals surface area contributed by atoms with Crippen molar-refractivity contribution in [1.82, 2.24) is 0 Å². The Labute approximate surface area is 153 Å². The topological polar surface area (TPSA) is 35.5 Å². The maximum Gasteiger partial charge on any atom is 0.326 e. The van der Waals surface area contributed by atoms with Crippen LogP contribution in [0.2, 0.25) is 0 Å². The van der Waals surface area contributed by atoms with Crippen molar-refractivity contribution in [3.05, 3.63) is 102 Å². The van der Waals surface area contributed by atoms with Crippen molar-refractivity contribution in [3.8, 4) is 5.75 Å². The minimum absolute atomic E-state index is 0.229. The van der Waals surface area contributed by atoms with Crippen LogP contribution >= 0.6 is 0 Å². The van der Waals surface area contributed by atoms with Gasteiger partial charge in [-0.2, -0.15) is 0 Å². The van der Waals surface area contributed by atoms with Gasteiger partial charge in [-0.05, 0) is 23.6 Å². The highest BCUT2D eigenvalue weighted by atomic mass is 16.5. The summed E-state index contributed by atoms with van der Waals surface area (Å²) in [6.45, 7) is 0.996. The fraction of sp³-hybridized carbons (Fsp3) is 0.174. The quantitative estimate of drug-likeness (QED) is 0.375. The molecule has 0 amide bonds. The summed E-state index contributed by atoms with van der Waals surface area (Å²) in [5.74, 6) is 0.414. The van der Waals surface area contributed by atoms with Crippen molar-refractivity contribution < 1.29 is 14.3 Å². The Morgan fingerprint density at radius 1 is 0.808 bits per heavy atom. The summed E-state index contributed by atoms with van der Waals surface area (Å²) in [6, 6.07) is 27.5. The van der Waals surface area contributed by atoms with Gasteiger partial charge in [0, 0.05) is 12.2 Å². The molecule has 130 valence electrons. The molecule has 0 radical (unpaired) electrons. The van der Waals surface area contributed by atoms with Crippen LogP contribution in [-0.2, 0) is 21.6 Å². The van der Waals surface area contributed by atoms with Crippen LogP contribution in [0.4, 0.5) is 0 Å². The maximum absolute atomic E-state index is 12.9. The summed E-state index contributed by atoms with van der Waals surface area (Å²) >= 11 is 0. The zero-order valence-electron chi connectivity index (χ0n) is 14.4. The molecule has 0 bridgehead atoms. The van der Waals surface area contributed by atoms with E-state index in [1.54, 1.807) is 0 Å². The summed E-state index contributed by atoms with van der Waals surface area (Å²) in [5.41, 5.74) is 2.17. The Hall–Kier alpha value is -2.91. The SMILES string of the molecule is O=C1Oc2ccccc2C1(CCOCc1ccccc1)c1ccccc1. The molecule has 1 unspecified atom stereocenters. The molecule has 3 nitrogen and oxygen atoms in total. The van der Waals surface area contributed by atoms with E-state index in [1.165, 1.54) is 0 Å². The fourth-order valence-electron chi connectivity index (χ4n) is 3.57. The number of hydrogen-bond donors (Lipinski definition) is 0. The molecule has 3 aromatic carbocycles. The Balaban J connectivity index is 1.60. The predicted octanol–water partition coefficient (Wildman–Crippen LogP) is 4.50. The van der Waals surface area contributed by atoms with Crippen molar-refractivity contribution in [1.29, 1.82) is 0 Å². The van der Waals surface area contributed by atoms with E-state index in [4.69, 9.17) is 9.47 Å². The van der Waals surface area contributed by atoms with Crippen molar-refractivity contribution in [2.75, 3.05) is 6.61 Å². The van der Waals surface area contributed by atoms with E-state index in [-0.39, 0.29) is 5.97 Å². The second-order valence-electron chi connectivity index (χ2n) is 6.45. The molecule has 3 aromatic rings. The van der Waals surface area contributed by atoms with Crippen molar-refractivity contribution in [2.24, 2.45) is 0 Å². The number of fused-ring (bicyclic) bond motifs is 1. The molecule has 0 fully saturated rings. The molecule has 3 heteroatoms. The van der Waals surface area contributed by atoms with Gasteiger partial charge in [0.2, 0.25) is 0 Å². The van der Waals surface area contributed by atoms with E-state index in [2.05, 4.69) is 0 Å². The lowest BCUT2D eigenvalue weighted by atomic mass is 9.73. The van der Waals surface area contributed by atoms with Crippen LogP contribution in [0.15, 0.2) is 84.9 Å². The first kappa shape index (κ1) is 16.6. The van der Waals surface area contributed by atoms with E-state index in [0.717, 1.165) is 16.7 Å². The second-order valence-corrected chi connectivity index (χ2v) is 6.45. The van der Waals surface area contributed by atoms with Crippen LogP contribution in [0, 0.1) is 0 Å². The lowest BCUT2D eigenvalue weighted by Crippen LogP contribution is -2.36. The molecule has 1 aliphatic rings. The summed E-state index contributed by atoms with van der Waals surface area (Å²) in [5, 5.41) is 0. The Bertz CT molecular complexity index is 890. The number of carbonyl (C=O) groups excluding carboxylic acids is 1. The third-order valence-corrected chi connectivity index (χ3v) is 4.90. The van der Waals surface area contributed by atoms with E-state index in [9.17, 15) is 4.79 Å². The molecule has 0 aliphatic carbocycles.